The molecule has 106 valence electrons. The fourth-order valence-corrected chi connectivity index (χ4v) is 1.62. The quantitative estimate of drug-likeness (QED) is 0.818. The Labute approximate surface area is 112 Å². The standard InChI is InChI=1S/C12H21N5O2/c1-6-7(2)10(14-9(4)18)11(19)15-12-13-8(3)17(5)16-12/h7,10H,6H2,1-5H3,(H,14,18)(H,15,16,19)/t7-,10-/m0/s1. The number of amides is 2. The van der Waals surface area contributed by atoms with Gasteiger partial charge in [-0.15, -0.1) is 5.10 Å². The molecule has 0 saturated carbocycles. The van der Waals surface area contributed by atoms with Crippen LogP contribution in [0.1, 0.15) is 33.0 Å². The van der Waals surface area contributed by atoms with Gasteiger partial charge in [0.05, 0.1) is 0 Å². The Morgan fingerprint density at radius 3 is 2.47 bits per heavy atom. The lowest BCUT2D eigenvalue weighted by Gasteiger charge is -2.21. The molecule has 19 heavy (non-hydrogen) atoms. The number of hydrogen-bond donors (Lipinski definition) is 2. The summed E-state index contributed by atoms with van der Waals surface area (Å²) in [6.45, 7) is 7.07. The van der Waals surface area contributed by atoms with E-state index < -0.39 is 6.04 Å². The lowest BCUT2D eigenvalue weighted by atomic mass is 9.98. The van der Waals surface area contributed by atoms with Crippen LogP contribution in [0, 0.1) is 12.8 Å². The summed E-state index contributed by atoms with van der Waals surface area (Å²) in [6.07, 6.45) is 0.785. The first kappa shape index (κ1) is 15.1. The number of anilines is 1. The van der Waals surface area contributed by atoms with Gasteiger partial charge in [-0.05, 0) is 12.8 Å². The lowest BCUT2D eigenvalue weighted by Crippen LogP contribution is -2.47. The zero-order valence-corrected chi connectivity index (χ0v) is 12.0. The Bertz CT molecular complexity index is 449. The monoisotopic (exact) mass is 267 g/mol. The molecule has 0 aliphatic rings. The molecular formula is C12H21N5O2. The van der Waals surface area contributed by atoms with Crippen molar-refractivity contribution < 1.29 is 9.59 Å². The zero-order chi connectivity index (χ0) is 14.6. The molecule has 0 bridgehead atoms. The van der Waals surface area contributed by atoms with Crippen LogP contribution in [0.2, 0.25) is 0 Å². The van der Waals surface area contributed by atoms with Gasteiger partial charge in [0.1, 0.15) is 11.9 Å². The van der Waals surface area contributed by atoms with Crippen molar-refractivity contribution in [1.82, 2.24) is 20.1 Å². The third-order valence-electron chi connectivity index (χ3n) is 3.07. The van der Waals surface area contributed by atoms with Crippen molar-refractivity contribution >= 4 is 17.8 Å². The largest absolute Gasteiger partial charge is 0.344 e. The Morgan fingerprint density at radius 1 is 1.42 bits per heavy atom. The average molecular weight is 267 g/mol. The van der Waals surface area contributed by atoms with E-state index >= 15 is 0 Å². The van der Waals surface area contributed by atoms with Crippen molar-refractivity contribution in [2.24, 2.45) is 13.0 Å². The predicted octanol–water partition coefficient (Wildman–Crippen LogP) is 0.613. The number of nitrogens with zero attached hydrogens (tertiary/aromatic N) is 3. The van der Waals surface area contributed by atoms with E-state index in [1.165, 1.54) is 6.92 Å². The number of rotatable bonds is 5. The van der Waals surface area contributed by atoms with E-state index in [0.29, 0.717) is 5.82 Å². The highest BCUT2D eigenvalue weighted by molar-refractivity contribution is 5.95. The molecule has 0 aromatic carbocycles. The van der Waals surface area contributed by atoms with Crippen molar-refractivity contribution in [1.29, 1.82) is 0 Å². The number of aryl methyl sites for hydroxylation is 2. The second kappa shape index (κ2) is 6.31. The zero-order valence-electron chi connectivity index (χ0n) is 12.0. The van der Waals surface area contributed by atoms with Crippen LogP contribution in [0.4, 0.5) is 5.95 Å². The van der Waals surface area contributed by atoms with Crippen LogP contribution in [0.3, 0.4) is 0 Å². The smallest absolute Gasteiger partial charge is 0.249 e. The van der Waals surface area contributed by atoms with Gasteiger partial charge in [0, 0.05) is 14.0 Å². The van der Waals surface area contributed by atoms with E-state index in [1.54, 1.807) is 18.7 Å². The third-order valence-corrected chi connectivity index (χ3v) is 3.07. The maximum atomic E-state index is 12.2. The summed E-state index contributed by atoms with van der Waals surface area (Å²) in [5.74, 6) is 0.466. The second-order valence-corrected chi connectivity index (χ2v) is 4.66. The van der Waals surface area contributed by atoms with Gasteiger partial charge in [-0.25, -0.2) is 0 Å². The molecule has 1 rings (SSSR count). The number of nitrogens with one attached hydrogen (secondary N) is 2. The summed E-state index contributed by atoms with van der Waals surface area (Å²) >= 11 is 0. The molecule has 0 fully saturated rings. The molecule has 1 aromatic rings. The van der Waals surface area contributed by atoms with Crippen LogP contribution in [0.15, 0.2) is 0 Å². The second-order valence-electron chi connectivity index (χ2n) is 4.66. The lowest BCUT2D eigenvalue weighted by molar-refractivity contribution is -0.126. The Kier molecular flexibility index (Phi) is 5.02. The summed E-state index contributed by atoms with van der Waals surface area (Å²) < 4.78 is 1.58. The average Bonchev–Trinajstić information content (AvgIpc) is 2.63. The first-order valence-corrected chi connectivity index (χ1v) is 6.30. The summed E-state index contributed by atoms with van der Waals surface area (Å²) in [6, 6.07) is -0.577. The summed E-state index contributed by atoms with van der Waals surface area (Å²) in [7, 11) is 1.75. The molecule has 0 unspecified atom stereocenters. The molecule has 0 aliphatic heterocycles. The highest BCUT2D eigenvalue weighted by Crippen LogP contribution is 2.10. The SMILES string of the molecule is CC[C@H](C)[C@H](NC(C)=O)C(=O)Nc1nc(C)n(C)n1. The highest BCUT2D eigenvalue weighted by atomic mass is 16.2. The minimum atomic E-state index is -0.577. The van der Waals surface area contributed by atoms with Crippen LogP contribution in [-0.4, -0.2) is 32.6 Å². The third kappa shape index (κ3) is 4.04. The number of carbonyl (C=O) groups excluding carboxylic acids is 2. The van der Waals surface area contributed by atoms with Gasteiger partial charge in [0.25, 0.3) is 0 Å². The molecule has 0 aliphatic carbocycles. The van der Waals surface area contributed by atoms with Crippen molar-refractivity contribution in [3.05, 3.63) is 5.82 Å². The van der Waals surface area contributed by atoms with E-state index in [0.717, 1.165) is 6.42 Å². The fourth-order valence-electron chi connectivity index (χ4n) is 1.62. The molecule has 1 aromatic heterocycles. The maximum absolute atomic E-state index is 12.2. The Balaban J connectivity index is 2.79. The van der Waals surface area contributed by atoms with E-state index in [4.69, 9.17) is 0 Å². The molecule has 2 atom stereocenters. The highest BCUT2D eigenvalue weighted by Gasteiger charge is 2.25. The minimum Gasteiger partial charge on any atom is -0.344 e. The van der Waals surface area contributed by atoms with Gasteiger partial charge in [-0.3, -0.25) is 19.6 Å². The summed E-state index contributed by atoms with van der Waals surface area (Å²) in [5.41, 5.74) is 0. The molecule has 0 radical (unpaired) electrons. The normalized spacial score (nSPS) is 13.7. The van der Waals surface area contributed by atoms with Gasteiger partial charge in [-0.2, -0.15) is 4.98 Å². The Hall–Kier alpha value is -1.92. The Morgan fingerprint density at radius 2 is 2.05 bits per heavy atom. The summed E-state index contributed by atoms with van der Waals surface area (Å²) in [5, 5.41) is 9.34. The van der Waals surface area contributed by atoms with E-state index in [2.05, 4.69) is 20.7 Å². The van der Waals surface area contributed by atoms with E-state index in [9.17, 15) is 9.59 Å². The first-order valence-electron chi connectivity index (χ1n) is 6.30. The van der Waals surface area contributed by atoms with Crippen LogP contribution in [0.5, 0.6) is 0 Å². The predicted molar refractivity (Wildman–Crippen MR) is 71.4 cm³/mol. The maximum Gasteiger partial charge on any atom is 0.249 e. The van der Waals surface area contributed by atoms with E-state index in [-0.39, 0.29) is 23.7 Å². The van der Waals surface area contributed by atoms with Crippen molar-refractivity contribution in [3.63, 3.8) is 0 Å². The molecule has 7 nitrogen and oxygen atoms in total. The van der Waals surface area contributed by atoms with Crippen molar-refractivity contribution in [3.8, 4) is 0 Å². The van der Waals surface area contributed by atoms with Gasteiger partial charge in [0.2, 0.25) is 17.8 Å². The van der Waals surface area contributed by atoms with Crippen molar-refractivity contribution in [2.75, 3.05) is 5.32 Å². The van der Waals surface area contributed by atoms with Crippen LogP contribution in [-0.2, 0) is 16.6 Å². The van der Waals surface area contributed by atoms with Crippen LogP contribution in [0.25, 0.3) is 0 Å². The molecule has 7 heteroatoms. The molecule has 0 saturated heterocycles. The van der Waals surface area contributed by atoms with Gasteiger partial charge < -0.3 is 5.32 Å². The molecule has 1 heterocycles. The number of carbonyl (C=O) groups is 2. The fraction of sp³-hybridized carbons (Fsp3) is 0.667. The molecule has 2 N–H and O–H groups in total. The van der Waals surface area contributed by atoms with Gasteiger partial charge in [0.15, 0.2) is 0 Å². The topological polar surface area (TPSA) is 88.9 Å². The molecular weight excluding hydrogens is 246 g/mol. The van der Waals surface area contributed by atoms with Crippen molar-refractivity contribution in [2.45, 2.75) is 40.2 Å². The van der Waals surface area contributed by atoms with Crippen LogP contribution < -0.4 is 10.6 Å². The molecule has 0 spiro atoms. The minimum absolute atomic E-state index is 0.0358. The molecule has 2 amide bonds. The summed E-state index contributed by atoms with van der Waals surface area (Å²) in [4.78, 5) is 27.4. The van der Waals surface area contributed by atoms with Gasteiger partial charge in [-0.1, -0.05) is 20.3 Å². The van der Waals surface area contributed by atoms with Gasteiger partial charge >= 0.3 is 0 Å². The first-order chi connectivity index (χ1) is 8.85. The number of aromatic nitrogens is 3. The van der Waals surface area contributed by atoms with E-state index in [1.807, 2.05) is 13.8 Å². The number of hydrogen-bond acceptors (Lipinski definition) is 4. The van der Waals surface area contributed by atoms with Crippen LogP contribution >= 0.6 is 0 Å².